The highest BCUT2D eigenvalue weighted by Crippen LogP contribution is 2.18. The molecule has 6 heteroatoms. The summed E-state index contributed by atoms with van der Waals surface area (Å²) in [6, 6.07) is 5.04. The van der Waals surface area contributed by atoms with Crippen molar-refractivity contribution >= 4 is 21.9 Å². The van der Waals surface area contributed by atoms with E-state index < -0.39 is 5.97 Å². The predicted octanol–water partition coefficient (Wildman–Crippen LogP) is 1.82. The number of aromatic carboxylic acids is 1. The summed E-state index contributed by atoms with van der Waals surface area (Å²) in [7, 11) is 4.03. The standard InChI is InChI=1S/C14H21BrN2O3/c1-17(2)6-8-20-7-5-16-10-12-4-3-11(14(18)19)9-13(12)15/h3-4,9,16H,5-8,10H2,1-2H3,(H,18,19). The first kappa shape index (κ1) is 17.1. The molecule has 1 aromatic rings. The Morgan fingerprint density at radius 2 is 2.15 bits per heavy atom. The molecular weight excluding hydrogens is 324 g/mol. The van der Waals surface area contributed by atoms with Crippen LogP contribution in [0.25, 0.3) is 0 Å². The second kappa shape index (κ2) is 9.07. The van der Waals surface area contributed by atoms with Gasteiger partial charge >= 0.3 is 5.97 Å². The van der Waals surface area contributed by atoms with Gasteiger partial charge < -0.3 is 20.1 Å². The fourth-order valence-corrected chi connectivity index (χ4v) is 2.06. The summed E-state index contributed by atoms with van der Waals surface area (Å²) >= 11 is 3.39. The zero-order valence-electron chi connectivity index (χ0n) is 11.9. The summed E-state index contributed by atoms with van der Waals surface area (Å²) < 4.78 is 6.27. The third-order valence-electron chi connectivity index (χ3n) is 2.72. The van der Waals surface area contributed by atoms with Gasteiger partial charge in [-0.15, -0.1) is 0 Å². The topological polar surface area (TPSA) is 61.8 Å². The molecule has 0 radical (unpaired) electrons. The SMILES string of the molecule is CN(C)CCOCCNCc1ccc(C(=O)O)cc1Br. The lowest BCUT2D eigenvalue weighted by Gasteiger charge is -2.11. The maximum Gasteiger partial charge on any atom is 0.335 e. The van der Waals surface area contributed by atoms with Gasteiger partial charge in [0.25, 0.3) is 0 Å². The lowest BCUT2D eigenvalue weighted by molar-refractivity contribution is 0.0697. The lowest BCUT2D eigenvalue weighted by atomic mass is 10.1. The molecule has 112 valence electrons. The average molecular weight is 345 g/mol. The fourth-order valence-electron chi connectivity index (χ4n) is 1.54. The molecule has 0 saturated carbocycles. The molecular formula is C14H21BrN2O3. The zero-order valence-corrected chi connectivity index (χ0v) is 13.4. The second-order valence-electron chi connectivity index (χ2n) is 4.70. The van der Waals surface area contributed by atoms with Gasteiger partial charge in [-0.25, -0.2) is 4.79 Å². The third kappa shape index (κ3) is 6.47. The van der Waals surface area contributed by atoms with Crippen LogP contribution in [0.2, 0.25) is 0 Å². The highest BCUT2D eigenvalue weighted by molar-refractivity contribution is 9.10. The van der Waals surface area contributed by atoms with Crippen molar-refractivity contribution in [3.8, 4) is 0 Å². The normalized spacial score (nSPS) is 11.0. The summed E-state index contributed by atoms with van der Waals surface area (Å²) in [6.07, 6.45) is 0. The Kier molecular flexibility index (Phi) is 7.76. The molecule has 0 aliphatic rings. The van der Waals surface area contributed by atoms with Crippen LogP contribution < -0.4 is 5.32 Å². The van der Waals surface area contributed by atoms with Crippen LogP contribution in [0.4, 0.5) is 0 Å². The zero-order chi connectivity index (χ0) is 15.0. The molecule has 0 saturated heterocycles. The van der Waals surface area contributed by atoms with Crippen LogP contribution in [0, 0.1) is 0 Å². The molecule has 1 aromatic carbocycles. The number of halogens is 1. The molecule has 0 aliphatic heterocycles. The van der Waals surface area contributed by atoms with E-state index in [0.29, 0.717) is 13.2 Å². The molecule has 0 amide bonds. The molecule has 0 heterocycles. The Labute approximate surface area is 128 Å². The maximum absolute atomic E-state index is 10.8. The first-order chi connectivity index (χ1) is 9.50. The summed E-state index contributed by atoms with van der Waals surface area (Å²) in [6.45, 7) is 3.75. The van der Waals surface area contributed by atoms with Crippen LogP contribution in [-0.2, 0) is 11.3 Å². The number of rotatable bonds is 9. The summed E-state index contributed by atoms with van der Waals surface area (Å²) in [4.78, 5) is 12.9. The molecule has 0 aliphatic carbocycles. The highest BCUT2D eigenvalue weighted by atomic mass is 79.9. The average Bonchev–Trinajstić information content (AvgIpc) is 2.38. The van der Waals surface area contributed by atoms with E-state index in [1.807, 2.05) is 20.2 Å². The minimum atomic E-state index is -0.917. The van der Waals surface area contributed by atoms with E-state index in [4.69, 9.17) is 9.84 Å². The Morgan fingerprint density at radius 3 is 2.75 bits per heavy atom. The van der Waals surface area contributed by atoms with Gasteiger partial charge in [0, 0.05) is 24.1 Å². The van der Waals surface area contributed by atoms with Crippen molar-refractivity contribution < 1.29 is 14.6 Å². The number of carbonyl (C=O) groups is 1. The van der Waals surface area contributed by atoms with E-state index in [9.17, 15) is 4.79 Å². The van der Waals surface area contributed by atoms with Gasteiger partial charge in [0.05, 0.1) is 18.8 Å². The van der Waals surface area contributed by atoms with E-state index in [1.165, 1.54) is 0 Å². The van der Waals surface area contributed by atoms with Crippen molar-refractivity contribution in [3.63, 3.8) is 0 Å². The van der Waals surface area contributed by atoms with Gasteiger partial charge in [0.1, 0.15) is 0 Å². The number of carboxylic acids is 1. The number of nitrogens with zero attached hydrogens (tertiary/aromatic N) is 1. The lowest BCUT2D eigenvalue weighted by Crippen LogP contribution is -2.23. The molecule has 20 heavy (non-hydrogen) atoms. The second-order valence-corrected chi connectivity index (χ2v) is 5.56. The summed E-state index contributed by atoms with van der Waals surface area (Å²) in [5.74, 6) is -0.917. The Morgan fingerprint density at radius 1 is 1.40 bits per heavy atom. The van der Waals surface area contributed by atoms with E-state index in [-0.39, 0.29) is 5.56 Å². The monoisotopic (exact) mass is 344 g/mol. The minimum absolute atomic E-state index is 0.285. The van der Waals surface area contributed by atoms with Crippen molar-refractivity contribution in [1.82, 2.24) is 10.2 Å². The van der Waals surface area contributed by atoms with Crippen molar-refractivity contribution in [2.45, 2.75) is 6.54 Å². The first-order valence-corrected chi connectivity index (χ1v) is 7.25. The van der Waals surface area contributed by atoms with Crippen LogP contribution in [0.3, 0.4) is 0 Å². The van der Waals surface area contributed by atoms with Crippen LogP contribution in [0.1, 0.15) is 15.9 Å². The number of hydrogen-bond donors (Lipinski definition) is 2. The number of hydrogen-bond acceptors (Lipinski definition) is 4. The van der Waals surface area contributed by atoms with E-state index in [1.54, 1.807) is 12.1 Å². The molecule has 0 unspecified atom stereocenters. The Bertz CT molecular complexity index is 438. The van der Waals surface area contributed by atoms with Crippen LogP contribution in [0.5, 0.6) is 0 Å². The minimum Gasteiger partial charge on any atom is -0.478 e. The number of ether oxygens (including phenoxy) is 1. The van der Waals surface area contributed by atoms with Gasteiger partial charge in [-0.3, -0.25) is 0 Å². The predicted molar refractivity (Wildman–Crippen MR) is 82.2 cm³/mol. The van der Waals surface area contributed by atoms with Gasteiger partial charge in [-0.2, -0.15) is 0 Å². The van der Waals surface area contributed by atoms with E-state index in [2.05, 4.69) is 26.1 Å². The van der Waals surface area contributed by atoms with Crippen molar-refractivity contribution in [2.75, 3.05) is 40.4 Å². The molecule has 0 spiro atoms. The third-order valence-corrected chi connectivity index (χ3v) is 3.46. The first-order valence-electron chi connectivity index (χ1n) is 6.45. The van der Waals surface area contributed by atoms with Crippen molar-refractivity contribution in [2.24, 2.45) is 0 Å². The van der Waals surface area contributed by atoms with Gasteiger partial charge in [-0.05, 0) is 31.8 Å². The van der Waals surface area contributed by atoms with Crippen LogP contribution >= 0.6 is 15.9 Å². The number of carboxylic acid groups (broad SMARTS) is 1. The smallest absolute Gasteiger partial charge is 0.335 e. The summed E-state index contributed by atoms with van der Waals surface area (Å²) in [5, 5.41) is 12.1. The molecule has 0 fully saturated rings. The van der Waals surface area contributed by atoms with Crippen molar-refractivity contribution in [1.29, 1.82) is 0 Å². The largest absolute Gasteiger partial charge is 0.478 e. The van der Waals surface area contributed by atoms with Gasteiger partial charge in [0.2, 0.25) is 0 Å². The Hall–Kier alpha value is -0.950. The van der Waals surface area contributed by atoms with Crippen molar-refractivity contribution in [3.05, 3.63) is 33.8 Å². The maximum atomic E-state index is 10.8. The Balaban J connectivity index is 2.24. The number of nitrogens with one attached hydrogen (secondary N) is 1. The number of likely N-dealkylation sites (N-methyl/N-ethyl adjacent to an activating group) is 1. The van der Waals surface area contributed by atoms with Crippen LogP contribution in [-0.4, -0.2) is 56.4 Å². The molecule has 1 rings (SSSR count). The fraction of sp³-hybridized carbons (Fsp3) is 0.500. The molecule has 5 nitrogen and oxygen atoms in total. The quantitative estimate of drug-likeness (QED) is 0.669. The number of benzene rings is 1. The van der Waals surface area contributed by atoms with Crippen LogP contribution in [0.15, 0.2) is 22.7 Å². The van der Waals surface area contributed by atoms with E-state index in [0.717, 1.165) is 29.7 Å². The molecule has 0 aromatic heterocycles. The molecule has 0 bridgehead atoms. The van der Waals surface area contributed by atoms with Gasteiger partial charge in [-0.1, -0.05) is 22.0 Å². The molecule has 0 atom stereocenters. The summed E-state index contributed by atoms with van der Waals surface area (Å²) in [5.41, 5.74) is 1.32. The molecule has 2 N–H and O–H groups in total. The van der Waals surface area contributed by atoms with Gasteiger partial charge in [0.15, 0.2) is 0 Å². The van der Waals surface area contributed by atoms with E-state index >= 15 is 0 Å². The highest BCUT2D eigenvalue weighted by Gasteiger charge is 2.06.